The molecule has 4 aromatic rings. The van der Waals surface area contributed by atoms with Crippen LogP contribution >= 0.6 is 0 Å². The normalized spacial score (nSPS) is 17.4. The number of sulfonamides is 2. The van der Waals surface area contributed by atoms with E-state index in [0.29, 0.717) is 36.8 Å². The molecule has 2 aliphatic rings. The summed E-state index contributed by atoms with van der Waals surface area (Å²) < 4.78 is 140. The van der Waals surface area contributed by atoms with Gasteiger partial charge in [0, 0.05) is 36.9 Å². The Labute approximate surface area is 318 Å². The van der Waals surface area contributed by atoms with Gasteiger partial charge in [0.25, 0.3) is 20.0 Å². The number of nitrogens with zero attached hydrogens (tertiary/aromatic N) is 1. The number of alkyl halides is 6. The lowest BCUT2D eigenvalue weighted by Gasteiger charge is -2.16. The maximum atomic E-state index is 12.6. The number of methoxy groups -OCH3 is 1. The number of ether oxygens (including phenoxy) is 3. The van der Waals surface area contributed by atoms with Crippen molar-refractivity contribution < 1.29 is 62.2 Å². The summed E-state index contributed by atoms with van der Waals surface area (Å²) in [6.45, 7) is 2.77. The Morgan fingerprint density at radius 3 is 1.57 bits per heavy atom. The van der Waals surface area contributed by atoms with Crippen LogP contribution in [0.25, 0.3) is 0 Å². The highest BCUT2D eigenvalue weighted by Gasteiger charge is 2.32. The van der Waals surface area contributed by atoms with Crippen molar-refractivity contribution in [3.8, 4) is 11.5 Å². The molecule has 0 bridgehead atoms. The van der Waals surface area contributed by atoms with Crippen LogP contribution in [-0.2, 0) is 24.8 Å². The molecule has 56 heavy (non-hydrogen) atoms. The van der Waals surface area contributed by atoms with Crippen LogP contribution in [0.15, 0.2) is 107 Å². The Bertz CT molecular complexity index is 2180. The number of likely N-dealkylation sites (tertiary alicyclic amines) is 1. The molecule has 0 saturated carbocycles. The van der Waals surface area contributed by atoms with E-state index < -0.39 is 50.4 Å². The van der Waals surface area contributed by atoms with Gasteiger partial charge in [-0.2, -0.15) is 0 Å². The van der Waals surface area contributed by atoms with Gasteiger partial charge in [-0.3, -0.25) is 9.44 Å². The summed E-state index contributed by atoms with van der Waals surface area (Å²) in [6.07, 6.45) is -8.40. The van der Waals surface area contributed by atoms with E-state index in [-0.39, 0.29) is 15.7 Å². The number of hydrogen-bond acceptors (Lipinski definition) is 9. The predicted octanol–water partition coefficient (Wildman–Crippen LogP) is 7.40. The summed E-state index contributed by atoms with van der Waals surface area (Å²) in [5.41, 5.74) is 2.60. The maximum absolute atomic E-state index is 12.6. The zero-order chi connectivity index (χ0) is 40.7. The Kier molecular flexibility index (Phi) is 13.0. The van der Waals surface area contributed by atoms with Gasteiger partial charge in [-0.15, -0.1) is 26.3 Å². The number of benzene rings is 4. The van der Waals surface area contributed by atoms with E-state index in [1.54, 1.807) is 41.3 Å². The quantitative estimate of drug-likeness (QED) is 0.139. The third-order valence-corrected chi connectivity index (χ3v) is 11.4. The molecule has 20 heteroatoms. The second-order valence-corrected chi connectivity index (χ2v) is 16.0. The average Bonchev–Trinajstić information content (AvgIpc) is 3.85. The van der Waals surface area contributed by atoms with Crippen molar-refractivity contribution in [2.24, 2.45) is 0 Å². The molecule has 4 aromatic carbocycles. The third-order valence-electron chi connectivity index (χ3n) is 8.64. The van der Waals surface area contributed by atoms with Gasteiger partial charge < -0.3 is 24.4 Å². The molecule has 302 valence electrons. The van der Waals surface area contributed by atoms with E-state index in [4.69, 9.17) is 4.74 Å². The highest BCUT2D eigenvalue weighted by atomic mass is 32.2. The molecule has 2 saturated heterocycles. The molecule has 6 rings (SSSR count). The summed E-state index contributed by atoms with van der Waals surface area (Å²) in [5, 5.41) is 3.26. The minimum Gasteiger partial charge on any atom is -0.453 e. The van der Waals surface area contributed by atoms with Crippen molar-refractivity contribution in [2.45, 2.75) is 47.2 Å². The van der Waals surface area contributed by atoms with Crippen molar-refractivity contribution in [1.82, 2.24) is 10.2 Å². The summed E-state index contributed by atoms with van der Waals surface area (Å²) in [6, 6.07) is 21.8. The molecular weight excluding hydrogens is 795 g/mol. The molecule has 0 aliphatic carbocycles. The summed E-state index contributed by atoms with van der Waals surface area (Å²) in [4.78, 5) is 12.9. The molecule has 0 aromatic heterocycles. The van der Waals surface area contributed by atoms with Crippen LogP contribution in [-0.4, -0.2) is 73.8 Å². The fourth-order valence-electron chi connectivity index (χ4n) is 6.05. The first kappa shape index (κ1) is 41.9. The van der Waals surface area contributed by atoms with Crippen LogP contribution < -0.4 is 24.2 Å². The number of carbonyl (C=O) groups excluding carboxylic acids is 1. The van der Waals surface area contributed by atoms with Gasteiger partial charge in [0.05, 0.1) is 16.9 Å². The first-order chi connectivity index (χ1) is 26.3. The minimum atomic E-state index is -4.86. The Balaban J connectivity index is 0.000000216. The Morgan fingerprint density at radius 1 is 0.696 bits per heavy atom. The van der Waals surface area contributed by atoms with E-state index >= 15 is 0 Å². The first-order valence-electron chi connectivity index (χ1n) is 16.8. The van der Waals surface area contributed by atoms with Crippen LogP contribution in [0.5, 0.6) is 11.5 Å². The van der Waals surface area contributed by atoms with Crippen LogP contribution in [0.2, 0.25) is 0 Å². The van der Waals surface area contributed by atoms with E-state index in [1.165, 1.54) is 7.11 Å². The van der Waals surface area contributed by atoms with Crippen LogP contribution in [0.1, 0.15) is 35.8 Å². The van der Waals surface area contributed by atoms with E-state index in [1.807, 2.05) is 12.1 Å². The number of halogens is 6. The van der Waals surface area contributed by atoms with E-state index in [9.17, 15) is 48.0 Å². The lowest BCUT2D eigenvalue weighted by Crippen LogP contribution is -2.28. The molecule has 2 heterocycles. The van der Waals surface area contributed by atoms with Crippen molar-refractivity contribution in [2.75, 3.05) is 42.7 Å². The smallest absolute Gasteiger partial charge is 0.453 e. The minimum absolute atomic E-state index is 0.0346. The number of carbonyl (C=O) groups is 1. The molecule has 0 spiro atoms. The number of hydrogen-bond donors (Lipinski definition) is 3. The fourth-order valence-corrected chi connectivity index (χ4v) is 8.15. The summed E-state index contributed by atoms with van der Waals surface area (Å²) >= 11 is 0. The van der Waals surface area contributed by atoms with Gasteiger partial charge in [-0.25, -0.2) is 21.6 Å². The molecule has 2 aliphatic heterocycles. The van der Waals surface area contributed by atoms with Crippen molar-refractivity contribution in [3.63, 3.8) is 0 Å². The second kappa shape index (κ2) is 17.3. The van der Waals surface area contributed by atoms with Gasteiger partial charge in [0.15, 0.2) is 0 Å². The molecule has 3 N–H and O–H groups in total. The van der Waals surface area contributed by atoms with Crippen LogP contribution in [0.4, 0.5) is 42.5 Å². The molecule has 1 amide bonds. The van der Waals surface area contributed by atoms with Crippen LogP contribution in [0.3, 0.4) is 0 Å². The number of rotatable bonds is 10. The summed E-state index contributed by atoms with van der Waals surface area (Å²) in [7, 11) is -6.62. The van der Waals surface area contributed by atoms with Crippen molar-refractivity contribution in [3.05, 3.63) is 108 Å². The number of anilines is 2. The Hall–Kier alpha value is -5.21. The lowest BCUT2D eigenvalue weighted by atomic mass is 9.98. The third kappa shape index (κ3) is 11.9. The molecular formula is C36H36F6N4O8S2. The Morgan fingerprint density at radius 2 is 1.16 bits per heavy atom. The average molecular weight is 831 g/mol. The number of nitrogens with one attached hydrogen (secondary N) is 3. The standard InChI is InChI=1S/C19H19F3N2O5S.C17H17F3N2O3S/c1-28-18(25)24-10-9-14(12-24)13-3-2-4-15(11-13)23-30(26,27)17-7-5-16(6-8-17)29-19(20,21)22;18-17(19,20)25-15-4-6-16(7-5-15)26(23,24)22-14-3-1-2-12(10-14)13-8-9-21-11-13/h2-8,11,14,23H,9-10,12H2,1H3;1-7,10,13,21-22H,8-9,11H2. The molecule has 2 atom stereocenters. The van der Waals surface area contributed by atoms with Gasteiger partial charge >= 0.3 is 18.8 Å². The summed E-state index contributed by atoms with van der Waals surface area (Å²) in [5.74, 6) is -0.627. The maximum Gasteiger partial charge on any atom is 0.573 e. The van der Waals surface area contributed by atoms with E-state index in [0.717, 1.165) is 79.2 Å². The molecule has 2 fully saturated rings. The molecule has 0 radical (unpaired) electrons. The van der Waals surface area contributed by atoms with Crippen molar-refractivity contribution >= 4 is 37.5 Å². The fraction of sp³-hybridized carbons (Fsp3) is 0.306. The highest BCUT2D eigenvalue weighted by Crippen LogP contribution is 2.31. The van der Waals surface area contributed by atoms with Gasteiger partial charge in [-0.1, -0.05) is 24.3 Å². The monoisotopic (exact) mass is 830 g/mol. The van der Waals surface area contributed by atoms with Gasteiger partial charge in [0.2, 0.25) is 0 Å². The van der Waals surface area contributed by atoms with Gasteiger partial charge in [-0.05, 0) is 109 Å². The zero-order valence-electron chi connectivity index (χ0n) is 29.4. The first-order valence-corrected chi connectivity index (χ1v) is 19.8. The predicted molar refractivity (Wildman–Crippen MR) is 192 cm³/mol. The molecule has 12 nitrogen and oxygen atoms in total. The zero-order valence-corrected chi connectivity index (χ0v) is 31.1. The van der Waals surface area contributed by atoms with Gasteiger partial charge in [0.1, 0.15) is 11.5 Å². The van der Waals surface area contributed by atoms with E-state index in [2.05, 4.69) is 24.2 Å². The van der Waals surface area contributed by atoms with Crippen molar-refractivity contribution in [1.29, 1.82) is 0 Å². The molecule has 2 unspecified atom stereocenters. The largest absolute Gasteiger partial charge is 0.573 e. The number of amides is 1. The topological polar surface area (TPSA) is 152 Å². The lowest BCUT2D eigenvalue weighted by molar-refractivity contribution is -0.275. The second-order valence-electron chi connectivity index (χ2n) is 12.6. The SMILES string of the molecule is COC(=O)N1CCC(c2cccc(NS(=O)(=O)c3ccc(OC(F)(F)F)cc3)c2)C1.O=S(=O)(Nc1cccc(C2CCNC2)c1)c1ccc(OC(F)(F)F)cc1. The highest BCUT2D eigenvalue weighted by molar-refractivity contribution is 7.93. The van der Waals surface area contributed by atoms with Crippen LogP contribution in [0, 0.1) is 0 Å².